The van der Waals surface area contributed by atoms with E-state index in [1.165, 1.54) is 0 Å². The highest BCUT2D eigenvalue weighted by molar-refractivity contribution is 6.32. The Labute approximate surface area is 82.4 Å². The second-order valence-electron chi connectivity index (χ2n) is 2.50. The summed E-state index contributed by atoms with van der Waals surface area (Å²) in [6, 6.07) is 1.66. The Morgan fingerprint density at radius 2 is 1.93 bits per heavy atom. The quantitative estimate of drug-likeness (QED) is 0.706. The van der Waals surface area contributed by atoms with Crippen molar-refractivity contribution in [2.75, 3.05) is 0 Å². The highest BCUT2D eigenvalue weighted by Gasteiger charge is 2.34. The molecule has 0 aliphatic carbocycles. The second kappa shape index (κ2) is 3.49. The molecule has 1 aromatic carbocycles. The molecule has 0 aromatic heterocycles. The van der Waals surface area contributed by atoms with Crippen LogP contribution in [0.3, 0.4) is 0 Å². The molecular weight excluding hydrogens is 219 g/mol. The van der Waals surface area contributed by atoms with Crippen LogP contribution in [0.15, 0.2) is 12.1 Å². The molecule has 0 saturated heterocycles. The summed E-state index contributed by atoms with van der Waals surface area (Å²) >= 11 is 5.39. The third kappa shape index (κ3) is 1.82. The Kier molecular flexibility index (Phi) is 2.71. The number of hydrogen-bond donors (Lipinski definition) is 2. The van der Waals surface area contributed by atoms with Gasteiger partial charge in [-0.2, -0.15) is 13.2 Å². The van der Waals surface area contributed by atoms with E-state index < -0.39 is 23.1 Å². The van der Waals surface area contributed by atoms with E-state index in [2.05, 4.69) is 0 Å². The van der Waals surface area contributed by atoms with E-state index in [0.717, 1.165) is 12.1 Å². The molecular formula is C8H5ClF3NO. The van der Waals surface area contributed by atoms with Crippen LogP contribution < -0.4 is 0 Å². The average molecular weight is 224 g/mol. The van der Waals surface area contributed by atoms with Crippen molar-refractivity contribution in [3.05, 3.63) is 28.3 Å². The average Bonchev–Trinajstić information content (AvgIpc) is 2.07. The molecule has 76 valence electrons. The minimum absolute atomic E-state index is 0.212. The van der Waals surface area contributed by atoms with Gasteiger partial charge in [-0.3, -0.25) is 0 Å². The first-order valence-corrected chi connectivity index (χ1v) is 3.85. The van der Waals surface area contributed by atoms with E-state index in [1.807, 2.05) is 0 Å². The van der Waals surface area contributed by atoms with E-state index in [4.69, 9.17) is 22.1 Å². The maximum atomic E-state index is 12.3. The lowest BCUT2D eigenvalue weighted by atomic mass is 10.1. The standard InChI is InChI=1S/C8H5ClF3NO/c9-6-2-1-5(8(10,11)12)4(3-13)7(6)14/h1-3,13-14H. The van der Waals surface area contributed by atoms with Gasteiger partial charge in [-0.25, -0.2) is 0 Å². The van der Waals surface area contributed by atoms with Gasteiger partial charge in [0, 0.05) is 11.8 Å². The van der Waals surface area contributed by atoms with Crippen LogP contribution in [0.2, 0.25) is 5.02 Å². The topological polar surface area (TPSA) is 44.1 Å². The first-order valence-electron chi connectivity index (χ1n) is 3.47. The van der Waals surface area contributed by atoms with Gasteiger partial charge >= 0.3 is 6.18 Å². The van der Waals surface area contributed by atoms with Crippen LogP contribution in [0.25, 0.3) is 0 Å². The molecule has 0 radical (unpaired) electrons. The Morgan fingerprint density at radius 1 is 1.36 bits per heavy atom. The molecule has 0 amide bonds. The van der Waals surface area contributed by atoms with Crippen LogP contribution in [-0.4, -0.2) is 11.3 Å². The van der Waals surface area contributed by atoms with Crippen molar-refractivity contribution < 1.29 is 18.3 Å². The van der Waals surface area contributed by atoms with E-state index in [1.54, 1.807) is 0 Å². The monoisotopic (exact) mass is 223 g/mol. The Hall–Kier alpha value is -1.23. The molecule has 0 aliphatic heterocycles. The fourth-order valence-corrected chi connectivity index (χ4v) is 1.14. The molecule has 0 atom stereocenters. The van der Waals surface area contributed by atoms with Gasteiger partial charge in [-0.1, -0.05) is 11.6 Å². The van der Waals surface area contributed by atoms with Gasteiger partial charge in [-0.05, 0) is 12.1 Å². The minimum Gasteiger partial charge on any atom is -0.506 e. The highest BCUT2D eigenvalue weighted by Crippen LogP contribution is 2.37. The summed E-state index contributed by atoms with van der Waals surface area (Å²) < 4.78 is 36.9. The van der Waals surface area contributed by atoms with Crippen LogP contribution in [0.4, 0.5) is 13.2 Å². The second-order valence-corrected chi connectivity index (χ2v) is 2.91. The van der Waals surface area contributed by atoms with Crippen LogP contribution in [0, 0.1) is 5.41 Å². The third-order valence-corrected chi connectivity index (χ3v) is 1.92. The zero-order valence-corrected chi connectivity index (χ0v) is 7.45. The number of phenols is 1. The van der Waals surface area contributed by atoms with E-state index in [-0.39, 0.29) is 5.02 Å². The number of benzene rings is 1. The molecule has 2 nitrogen and oxygen atoms in total. The molecule has 1 rings (SSSR count). The van der Waals surface area contributed by atoms with Crippen molar-refractivity contribution in [2.24, 2.45) is 0 Å². The van der Waals surface area contributed by atoms with E-state index in [0.29, 0.717) is 6.21 Å². The third-order valence-electron chi connectivity index (χ3n) is 1.62. The lowest BCUT2D eigenvalue weighted by Gasteiger charge is -2.11. The molecule has 0 heterocycles. The van der Waals surface area contributed by atoms with E-state index in [9.17, 15) is 13.2 Å². The first kappa shape index (κ1) is 10.8. The van der Waals surface area contributed by atoms with Crippen molar-refractivity contribution in [1.29, 1.82) is 5.41 Å². The summed E-state index contributed by atoms with van der Waals surface area (Å²) in [5, 5.41) is 15.7. The van der Waals surface area contributed by atoms with Crippen molar-refractivity contribution >= 4 is 17.8 Å². The number of aromatic hydroxyl groups is 1. The SMILES string of the molecule is N=Cc1c(C(F)(F)F)ccc(Cl)c1O. The van der Waals surface area contributed by atoms with Crippen molar-refractivity contribution in [3.63, 3.8) is 0 Å². The molecule has 0 bridgehead atoms. The maximum Gasteiger partial charge on any atom is 0.417 e. The number of halogens is 4. The van der Waals surface area contributed by atoms with Gasteiger partial charge in [0.2, 0.25) is 0 Å². The van der Waals surface area contributed by atoms with Gasteiger partial charge in [0.05, 0.1) is 10.6 Å². The summed E-state index contributed by atoms with van der Waals surface area (Å²) in [7, 11) is 0. The van der Waals surface area contributed by atoms with Crippen molar-refractivity contribution in [3.8, 4) is 5.75 Å². The predicted molar refractivity (Wildman–Crippen MR) is 46.0 cm³/mol. The largest absolute Gasteiger partial charge is 0.506 e. The zero-order valence-electron chi connectivity index (χ0n) is 6.69. The molecule has 0 unspecified atom stereocenters. The number of alkyl halides is 3. The summed E-state index contributed by atoms with van der Waals surface area (Å²) in [4.78, 5) is 0. The number of hydrogen-bond acceptors (Lipinski definition) is 2. The van der Waals surface area contributed by atoms with Gasteiger partial charge in [0.1, 0.15) is 5.75 Å². The summed E-state index contributed by atoms with van der Waals surface area (Å²) in [6.07, 6.45) is -4.18. The van der Waals surface area contributed by atoms with Crippen LogP contribution in [0.5, 0.6) is 5.75 Å². The summed E-state index contributed by atoms with van der Waals surface area (Å²) in [5.41, 5.74) is -1.70. The lowest BCUT2D eigenvalue weighted by molar-refractivity contribution is -0.137. The van der Waals surface area contributed by atoms with Gasteiger partial charge in [-0.15, -0.1) is 0 Å². The summed E-state index contributed by atoms with van der Waals surface area (Å²) in [6.45, 7) is 0. The minimum atomic E-state index is -4.60. The van der Waals surface area contributed by atoms with Gasteiger partial charge < -0.3 is 10.5 Å². The number of nitrogens with one attached hydrogen (secondary N) is 1. The smallest absolute Gasteiger partial charge is 0.417 e. The van der Waals surface area contributed by atoms with E-state index >= 15 is 0 Å². The molecule has 0 aliphatic rings. The van der Waals surface area contributed by atoms with Crippen LogP contribution >= 0.6 is 11.6 Å². The maximum absolute atomic E-state index is 12.3. The fraction of sp³-hybridized carbons (Fsp3) is 0.125. The Balaban J connectivity index is 3.47. The van der Waals surface area contributed by atoms with Crippen LogP contribution in [0.1, 0.15) is 11.1 Å². The number of rotatable bonds is 1. The summed E-state index contributed by atoms with van der Waals surface area (Å²) in [5.74, 6) is -0.725. The Morgan fingerprint density at radius 3 is 2.36 bits per heavy atom. The molecule has 6 heteroatoms. The molecule has 14 heavy (non-hydrogen) atoms. The van der Waals surface area contributed by atoms with Crippen molar-refractivity contribution in [1.82, 2.24) is 0 Å². The molecule has 0 saturated carbocycles. The molecule has 2 N–H and O–H groups in total. The predicted octanol–water partition coefficient (Wildman–Crippen LogP) is 3.06. The first-order chi connectivity index (χ1) is 6.38. The highest BCUT2D eigenvalue weighted by atomic mass is 35.5. The fourth-order valence-electron chi connectivity index (χ4n) is 0.975. The van der Waals surface area contributed by atoms with Gasteiger partial charge in [0.25, 0.3) is 0 Å². The molecule has 0 spiro atoms. The number of phenolic OH excluding ortho intramolecular Hbond substituents is 1. The Bertz CT molecular complexity index is 376. The van der Waals surface area contributed by atoms with Gasteiger partial charge in [0.15, 0.2) is 0 Å². The van der Waals surface area contributed by atoms with Crippen molar-refractivity contribution in [2.45, 2.75) is 6.18 Å². The molecule has 0 fully saturated rings. The molecule has 1 aromatic rings. The van der Waals surface area contributed by atoms with Crippen LogP contribution in [-0.2, 0) is 6.18 Å². The zero-order chi connectivity index (χ0) is 10.9. The lowest BCUT2D eigenvalue weighted by Crippen LogP contribution is -2.08. The normalized spacial score (nSPS) is 11.4.